The summed E-state index contributed by atoms with van der Waals surface area (Å²) in [6.07, 6.45) is 1.67. The third-order valence-corrected chi connectivity index (χ3v) is 3.88. The van der Waals surface area contributed by atoms with Crippen LogP contribution in [0.3, 0.4) is 0 Å². The number of nitrogens with one attached hydrogen (secondary N) is 1. The number of aryl methyl sites for hydroxylation is 1. The molecule has 1 heterocycles. The van der Waals surface area contributed by atoms with E-state index >= 15 is 0 Å². The van der Waals surface area contributed by atoms with Crippen molar-refractivity contribution in [3.63, 3.8) is 0 Å². The molecular weight excluding hydrogens is 320 g/mol. The number of benzene rings is 2. The highest BCUT2D eigenvalue weighted by Gasteiger charge is 2.15. The third kappa shape index (κ3) is 3.40. The number of nitro groups is 1. The van der Waals surface area contributed by atoms with Gasteiger partial charge in [-0.05, 0) is 18.6 Å². The molecule has 25 heavy (non-hydrogen) atoms. The molecule has 0 saturated carbocycles. The summed E-state index contributed by atoms with van der Waals surface area (Å²) in [5, 5.41) is 13.5. The molecule has 1 aromatic heterocycles. The Morgan fingerprint density at radius 1 is 1.20 bits per heavy atom. The molecule has 0 aliphatic carbocycles. The maximum Gasteiger partial charge on any atom is 0.270 e. The second-order valence-electron chi connectivity index (χ2n) is 5.65. The lowest BCUT2D eigenvalue weighted by molar-refractivity contribution is -0.384. The van der Waals surface area contributed by atoms with E-state index in [0.29, 0.717) is 5.95 Å². The summed E-state index contributed by atoms with van der Waals surface area (Å²) >= 11 is 0. The predicted octanol–water partition coefficient (Wildman–Crippen LogP) is 3.56. The van der Waals surface area contributed by atoms with Crippen LogP contribution in [0.4, 0.5) is 11.6 Å². The predicted molar refractivity (Wildman–Crippen MR) is 94.4 cm³/mol. The fourth-order valence-electron chi connectivity index (χ4n) is 2.45. The van der Waals surface area contributed by atoms with Crippen molar-refractivity contribution >= 4 is 17.5 Å². The van der Waals surface area contributed by atoms with Gasteiger partial charge in [-0.1, -0.05) is 35.9 Å². The highest BCUT2D eigenvalue weighted by Crippen LogP contribution is 2.23. The number of carbonyl (C=O) groups is 1. The summed E-state index contributed by atoms with van der Waals surface area (Å²) < 4.78 is 1.76. The van der Waals surface area contributed by atoms with E-state index < -0.39 is 10.8 Å². The molecule has 7 nitrogen and oxygen atoms in total. The zero-order chi connectivity index (χ0) is 18.0. The lowest BCUT2D eigenvalue weighted by atomic mass is 10.1. The molecule has 0 spiro atoms. The van der Waals surface area contributed by atoms with Crippen molar-refractivity contribution < 1.29 is 9.72 Å². The van der Waals surface area contributed by atoms with Crippen molar-refractivity contribution in [2.45, 2.75) is 6.92 Å². The number of hydrogen-bond donors (Lipinski definition) is 1. The van der Waals surface area contributed by atoms with Gasteiger partial charge in [0.2, 0.25) is 5.95 Å². The molecule has 2 aromatic carbocycles. The first-order chi connectivity index (χ1) is 12.0. The van der Waals surface area contributed by atoms with E-state index in [0.717, 1.165) is 16.8 Å². The Labute approximate surface area is 144 Å². The molecule has 0 aliphatic rings. The minimum atomic E-state index is -0.535. The molecule has 0 fully saturated rings. The van der Waals surface area contributed by atoms with Gasteiger partial charge < -0.3 is 4.57 Å². The summed E-state index contributed by atoms with van der Waals surface area (Å²) in [6.45, 7) is 2.01. The Balaban J connectivity index is 1.84. The van der Waals surface area contributed by atoms with Crippen LogP contribution in [0.1, 0.15) is 15.9 Å². The van der Waals surface area contributed by atoms with Crippen molar-refractivity contribution in [1.82, 2.24) is 9.55 Å². The molecule has 3 aromatic rings. The number of rotatable bonds is 4. The van der Waals surface area contributed by atoms with Gasteiger partial charge in [0.1, 0.15) is 0 Å². The van der Waals surface area contributed by atoms with Gasteiger partial charge in [-0.25, -0.2) is 4.98 Å². The zero-order valence-corrected chi connectivity index (χ0v) is 13.8. The summed E-state index contributed by atoms with van der Waals surface area (Å²) in [4.78, 5) is 26.9. The Morgan fingerprint density at radius 3 is 2.60 bits per heavy atom. The van der Waals surface area contributed by atoms with E-state index in [1.54, 1.807) is 17.8 Å². The van der Waals surface area contributed by atoms with Gasteiger partial charge in [0.15, 0.2) is 0 Å². The average Bonchev–Trinajstić information content (AvgIpc) is 2.96. The summed E-state index contributed by atoms with van der Waals surface area (Å²) in [7, 11) is 1.80. The molecule has 0 bridgehead atoms. The van der Waals surface area contributed by atoms with Gasteiger partial charge in [-0.15, -0.1) is 0 Å². The van der Waals surface area contributed by atoms with Gasteiger partial charge in [0.05, 0.1) is 16.8 Å². The van der Waals surface area contributed by atoms with Crippen LogP contribution in [0.5, 0.6) is 0 Å². The monoisotopic (exact) mass is 336 g/mol. The van der Waals surface area contributed by atoms with E-state index in [-0.39, 0.29) is 11.3 Å². The number of nitrogens with zero attached hydrogens (tertiary/aromatic N) is 3. The van der Waals surface area contributed by atoms with Gasteiger partial charge >= 0.3 is 0 Å². The van der Waals surface area contributed by atoms with Crippen LogP contribution >= 0.6 is 0 Å². The van der Waals surface area contributed by atoms with Crippen molar-refractivity contribution in [3.8, 4) is 11.3 Å². The van der Waals surface area contributed by atoms with E-state index in [2.05, 4.69) is 10.3 Å². The van der Waals surface area contributed by atoms with Crippen LogP contribution in [0.15, 0.2) is 54.7 Å². The maximum atomic E-state index is 12.3. The standard InChI is InChI=1S/C18H16N4O3/c1-12-6-8-13(9-7-12)16-11-19-18(21(16)2)20-17(23)14-4-3-5-15(10-14)22(24)25/h3-11H,1-2H3,(H,19,20,23). The molecule has 126 valence electrons. The second kappa shape index (κ2) is 6.56. The number of hydrogen-bond acceptors (Lipinski definition) is 4. The van der Waals surface area contributed by atoms with Gasteiger partial charge in [-0.3, -0.25) is 20.2 Å². The van der Waals surface area contributed by atoms with Crippen molar-refractivity contribution in [3.05, 3.63) is 76.0 Å². The fraction of sp³-hybridized carbons (Fsp3) is 0.111. The minimum Gasteiger partial charge on any atom is -0.313 e. The average molecular weight is 336 g/mol. The lowest BCUT2D eigenvalue weighted by Gasteiger charge is -2.08. The molecule has 0 aliphatic heterocycles. The molecule has 3 rings (SSSR count). The Morgan fingerprint density at radius 2 is 1.92 bits per heavy atom. The highest BCUT2D eigenvalue weighted by atomic mass is 16.6. The normalized spacial score (nSPS) is 10.5. The first-order valence-corrected chi connectivity index (χ1v) is 7.60. The Kier molecular flexibility index (Phi) is 4.30. The van der Waals surface area contributed by atoms with Gasteiger partial charge in [0, 0.05) is 24.7 Å². The highest BCUT2D eigenvalue weighted by molar-refractivity contribution is 6.03. The van der Waals surface area contributed by atoms with Crippen LogP contribution in [-0.4, -0.2) is 20.4 Å². The Hall–Kier alpha value is -3.48. The molecule has 0 saturated heterocycles. The Bertz CT molecular complexity index is 945. The number of anilines is 1. The number of aromatic nitrogens is 2. The van der Waals surface area contributed by atoms with Crippen LogP contribution in [-0.2, 0) is 7.05 Å². The molecule has 0 radical (unpaired) electrons. The molecule has 1 N–H and O–H groups in total. The second-order valence-corrected chi connectivity index (χ2v) is 5.65. The fourth-order valence-corrected chi connectivity index (χ4v) is 2.45. The number of nitro benzene ring substituents is 1. The smallest absolute Gasteiger partial charge is 0.270 e. The SMILES string of the molecule is Cc1ccc(-c2cnc(NC(=O)c3cccc([N+](=O)[O-])c3)n2C)cc1. The van der Waals surface area contributed by atoms with Crippen molar-refractivity contribution in [1.29, 1.82) is 0 Å². The zero-order valence-electron chi connectivity index (χ0n) is 13.8. The summed E-state index contributed by atoms with van der Waals surface area (Å²) in [5.74, 6) is -0.0834. The van der Waals surface area contributed by atoms with E-state index in [9.17, 15) is 14.9 Å². The summed E-state index contributed by atoms with van der Waals surface area (Å²) in [6, 6.07) is 13.5. The summed E-state index contributed by atoms with van der Waals surface area (Å²) in [5.41, 5.74) is 3.07. The molecule has 7 heteroatoms. The van der Waals surface area contributed by atoms with Crippen LogP contribution in [0.25, 0.3) is 11.3 Å². The molecular formula is C18H16N4O3. The minimum absolute atomic E-state index is 0.132. The van der Waals surface area contributed by atoms with Gasteiger partial charge in [0.25, 0.3) is 11.6 Å². The quantitative estimate of drug-likeness (QED) is 0.582. The van der Waals surface area contributed by atoms with Crippen LogP contribution in [0.2, 0.25) is 0 Å². The number of imidazole rings is 1. The van der Waals surface area contributed by atoms with Crippen molar-refractivity contribution in [2.24, 2.45) is 7.05 Å². The first-order valence-electron chi connectivity index (χ1n) is 7.60. The van der Waals surface area contributed by atoms with Crippen molar-refractivity contribution in [2.75, 3.05) is 5.32 Å². The third-order valence-electron chi connectivity index (χ3n) is 3.88. The number of amides is 1. The van der Waals surface area contributed by atoms with Crippen LogP contribution < -0.4 is 5.32 Å². The topological polar surface area (TPSA) is 90.1 Å². The van der Waals surface area contributed by atoms with E-state index in [4.69, 9.17) is 0 Å². The number of carbonyl (C=O) groups excluding carboxylic acids is 1. The maximum absolute atomic E-state index is 12.3. The molecule has 1 amide bonds. The van der Waals surface area contributed by atoms with Crippen LogP contribution in [0, 0.1) is 17.0 Å². The molecule has 0 atom stereocenters. The van der Waals surface area contributed by atoms with E-state index in [1.165, 1.54) is 24.3 Å². The lowest BCUT2D eigenvalue weighted by Crippen LogP contribution is -2.15. The number of non-ortho nitro benzene ring substituents is 1. The van der Waals surface area contributed by atoms with Gasteiger partial charge in [-0.2, -0.15) is 0 Å². The largest absolute Gasteiger partial charge is 0.313 e. The first kappa shape index (κ1) is 16.4. The molecule has 0 unspecified atom stereocenters. The van der Waals surface area contributed by atoms with E-state index in [1.807, 2.05) is 31.2 Å².